The number of hydrogen-bond donors (Lipinski definition) is 1. The molecule has 1 saturated heterocycles. The Morgan fingerprint density at radius 3 is 2.62 bits per heavy atom. The first-order valence-corrected chi connectivity index (χ1v) is 10.6. The van der Waals surface area contributed by atoms with Crippen LogP contribution in [0.5, 0.6) is 5.75 Å². The summed E-state index contributed by atoms with van der Waals surface area (Å²) in [6.45, 7) is 7.75. The number of ether oxygens (including phenoxy) is 1. The SMILES string of the molecule is CCCCCOc1ccc(/C=C/C23NC(=O)CN2c2ccccc2C3(C)C)cc1. The van der Waals surface area contributed by atoms with E-state index in [9.17, 15) is 4.79 Å². The van der Waals surface area contributed by atoms with Crippen LogP contribution in [0.4, 0.5) is 5.69 Å². The number of nitrogens with one attached hydrogen (secondary N) is 1. The summed E-state index contributed by atoms with van der Waals surface area (Å²) < 4.78 is 5.81. The van der Waals surface area contributed by atoms with Gasteiger partial charge in [0.05, 0.1) is 13.2 Å². The summed E-state index contributed by atoms with van der Waals surface area (Å²) in [6.07, 6.45) is 7.74. The van der Waals surface area contributed by atoms with Crippen LogP contribution in [0.3, 0.4) is 0 Å². The average Bonchev–Trinajstić information content (AvgIpc) is 3.15. The molecule has 1 unspecified atom stereocenters. The zero-order chi connectivity index (χ0) is 20.5. The van der Waals surface area contributed by atoms with E-state index in [0.29, 0.717) is 6.54 Å². The zero-order valence-corrected chi connectivity index (χ0v) is 17.6. The Hall–Kier alpha value is -2.75. The highest BCUT2D eigenvalue weighted by molar-refractivity contribution is 5.91. The van der Waals surface area contributed by atoms with E-state index < -0.39 is 5.66 Å². The molecule has 1 fully saturated rings. The summed E-state index contributed by atoms with van der Waals surface area (Å²) in [5.41, 5.74) is 2.70. The largest absolute Gasteiger partial charge is 0.494 e. The fourth-order valence-corrected chi connectivity index (χ4v) is 4.57. The number of fused-ring (bicyclic) bond motifs is 3. The first-order valence-electron chi connectivity index (χ1n) is 10.6. The molecule has 0 spiro atoms. The van der Waals surface area contributed by atoms with Crippen LogP contribution in [0.1, 0.15) is 51.2 Å². The van der Waals surface area contributed by atoms with Crippen molar-refractivity contribution < 1.29 is 9.53 Å². The molecule has 0 bridgehead atoms. The lowest BCUT2D eigenvalue weighted by molar-refractivity contribution is -0.118. The molecule has 4 heteroatoms. The number of hydrogen-bond acceptors (Lipinski definition) is 3. The monoisotopic (exact) mass is 390 g/mol. The van der Waals surface area contributed by atoms with Crippen LogP contribution in [-0.2, 0) is 10.2 Å². The van der Waals surface area contributed by atoms with E-state index in [1.807, 2.05) is 18.2 Å². The number of unbranched alkanes of at least 4 members (excludes halogenated alkanes) is 2. The van der Waals surface area contributed by atoms with Crippen molar-refractivity contribution in [1.82, 2.24) is 5.32 Å². The quantitative estimate of drug-likeness (QED) is 0.684. The number of benzene rings is 2. The summed E-state index contributed by atoms with van der Waals surface area (Å²) in [4.78, 5) is 14.6. The van der Waals surface area contributed by atoms with E-state index >= 15 is 0 Å². The fourth-order valence-electron chi connectivity index (χ4n) is 4.57. The molecule has 4 nitrogen and oxygen atoms in total. The number of anilines is 1. The van der Waals surface area contributed by atoms with Gasteiger partial charge in [-0.3, -0.25) is 4.79 Å². The topological polar surface area (TPSA) is 41.6 Å². The first-order chi connectivity index (χ1) is 14.0. The lowest BCUT2D eigenvalue weighted by Crippen LogP contribution is -2.58. The van der Waals surface area contributed by atoms with Gasteiger partial charge in [0.1, 0.15) is 11.4 Å². The third-order valence-corrected chi connectivity index (χ3v) is 6.29. The molecule has 152 valence electrons. The Morgan fingerprint density at radius 2 is 1.86 bits per heavy atom. The van der Waals surface area contributed by atoms with Gasteiger partial charge in [-0.15, -0.1) is 0 Å². The van der Waals surface area contributed by atoms with E-state index in [1.165, 1.54) is 18.4 Å². The van der Waals surface area contributed by atoms with Crippen molar-refractivity contribution in [2.45, 2.75) is 51.1 Å². The Kier molecular flexibility index (Phi) is 5.12. The van der Waals surface area contributed by atoms with Crippen LogP contribution < -0.4 is 15.0 Å². The Morgan fingerprint density at radius 1 is 1.10 bits per heavy atom. The highest BCUT2D eigenvalue weighted by Crippen LogP contribution is 2.52. The molecule has 2 heterocycles. The summed E-state index contributed by atoms with van der Waals surface area (Å²) >= 11 is 0. The van der Waals surface area contributed by atoms with Gasteiger partial charge < -0.3 is 15.0 Å². The molecular formula is C25H30N2O2. The van der Waals surface area contributed by atoms with E-state index in [-0.39, 0.29) is 11.3 Å². The van der Waals surface area contributed by atoms with E-state index in [4.69, 9.17) is 4.74 Å². The number of carbonyl (C=O) groups excluding carboxylic acids is 1. The van der Waals surface area contributed by atoms with Crippen molar-refractivity contribution in [1.29, 1.82) is 0 Å². The van der Waals surface area contributed by atoms with E-state index in [2.05, 4.69) is 73.5 Å². The van der Waals surface area contributed by atoms with Crippen molar-refractivity contribution in [2.24, 2.45) is 0 Å². The molecular weight excluding hydrogens is 360 g/mol. The van der Waals surface area contributed by atoms with E-state index in [0.717, 1.165) is 30.0 Å². The van der Waals surface area contributed by atoms with Crippen molar-refractivity contribution in [3.8, 4) is 5.75 Å². The number of nitrogens with zero attached hydrogens (tertiary/aromatic N) is 1. The smallest absolute Gasteiger partial charge is 0.241 e. The molecule has 29 heavy (non-hydrogen) atoms. The second-order valence-electron chi connectivity index (χ2n) is 8.50. The number of rotatable bonds is 7. The second kappa shape index (κ2) is 7.58. The molecule has 2 aromatic rings. The van der Waals surface area contributed by atoms with Gasteiger partial charge in [0.2, 0.25) is 5.91 Å². The molecule has 1 atom stereocenters. The minimum atomic E-state index is -0.552. The predicted octanol–water partition coefficient (Wildman–Crippen LogP) is 4.89. The minimum absolute atomic E-state index is 0.0630. The third-order valence-electron chi connectivity index (χ3n) is 6.29. The highest BCUT2D eigenvalue weighted by atomic mass is 16.5. The minimum Gasteiger partial charge on any atom is -0.494 e. The van der Waals surface area contributed by atoms with Crippen molar-refractivity contribution in [2.75, 3.05) is 18.1 Å². The van der Waals surface area contributed by atoms with Crippen LogP contribution in [0.25, 0.3) is 6.08 Å². The maximum Gasteiger partial charge on any atom is 0.241 e. The fraction of sp³-hybridized carbons (Fsp3) is 0.400. The van der Waals surface area contributed by atoms with Crippen LogP contribution in [0.2, 0.25) is 0 Å². The van der Waals surface area contributed by atoms with Gasteiger partial charge in [-0.05, 0) is 41.8 Å². The van der Waals surface area contributed by atoms with Gasteiger partial charge in [-0.2, -0.15) is 0 Å². The van der Waals surface area contributed by atoms with E-state index in [1.54, 1.807) is 0 Å². The molecule has 0 aromatic heterocycles. The maximum atomic E-state index is 12.4. The molecule has 1 amide bonds. The Balaban J connectivity index is 1.56. The van der Waals surface area contributed by atoms with Crippen LogP contribution >= 0.6 is 0 Å². The zero-order valence-electron chi connectivity index (χ0n) is 17.6. The van der Waals surface area contributed by atoms with Gasteiger partial charge in [0.15, 0.2) is 0 Å². The maximum absolute atomic E-state index is 12.4. The Bertz CT molecular complexity index is 917. The van der Waals surface area contributed by atoms with Gasteiger partial charge in [0, 0.05) is 11.1 Å². The lowest BCUT2D eigenvalue weighted by atomic mass is 9.75. The number of carbonyl (C=O) groups is 1. The lowest BCUT2D eigenvalue weighted by Gasteiger charge is -2.40. The molecule has 0 aliphatic carbocycles. The second-order valence-corrected chi connectivity index (χ2v) is 8.50. The van der Waals surface area contributed by atoms with Crippen LogP contribution in [0.15, 0.2) is 54.6 Å². The predicted molar refractivity (Wildman–Crippen MR) is 118 cm³/mol. The Labute approximate surface area is 173 Å². The average molecular weight is 391 g/mol. The van der Waals surface area contributed by atoms with Gasteiger partial charge >= 0.3 is 0 Å². The molecule has 2 aliphatic heterocycles. The van der Waals surface area contributed by atoms with Gasteiger partial charge in [0.25, 0.3) is 0 Å². The number of para-hydroxylation sites is 1. The third kappa shape index (κ3) is 3.31. The first kappa shape index (κ1) is 19.6. The normalized spacial score (nSPS) is 21.9. The summed E-state index contributed by atoms with van der Waals surface area (Å²) in [6, 6.07) is 16.6. The molecule has 1 N–H and O–H groups in total. The van der Waals surface area contributed by atoms with Gasteiger partial charge in [-0.1, -0.05) is 70.0 Å². The molecule has 4 rings (SSSR count). The van der Waals surface area contributed by atoms with Crippen molar-refractivity contribution in [3.05, 3.63) is 65.7 Å². The summed E-state index contributed by atoms with van der Waals surface area (Å²) in [5, 5.41) is 3.26. The van der Waals surface area contributed by atoms with Gasteiger partial charge in [-0.25, -0.2) is 0 Å². The summed E-state index contributed by atoms with van der Waals surface area (Å²) in [5.74, 6) is 0.967. The van der Waals surface area contributed by atoms with Crippen LogP contribution in [0, 0.1) is 0 Å². The van der Waals surface area contributed by atoms with Crippen molar-refractivity contribution >= 4 is 17.7 Å². The summed E-state index contributed by atoms with van der Waals surface area (Å²) in [7, 11) is 0. The number of amides is 1. The molecule has 0 saturated carbocycles. The molecule has 0 radical (unpaired) electrons. The standard InChI is InChI=1S/C25H30N2O2/c1-4-5-8-17-29-20-13-11-19(12-14-20)15-16-25-24(2,3)21-9-6-7-10-22(21)27(25)18-23(28)26-25/h6-7,9-16H,4-5,8,17-18H2,1-3H3,(H,26,28)/b16-15+. The van der Waals surface area contributed by atoms with Crippen LogP contribution in [-0.4, -0.2) is 24.7 Å². The molecule has 2 aromatic carbocycles. The van der Waals surface area contributed by atoms with Crippen molar-refractivity contribution in [3.63, 3.8) is 0 Å². The highest BCUT2D eigenvalue weighted by Gasteiger charge is 2.59. The molecule has 2 aliphatic rings.